The molecule has 0 aliphatic rings. The molecule has 0 N–H and O–H groups in total. The van der Waals surface area contributed by atoms with Gasteiger partial charge in [-0.3, -0.25) is 0 Å². The Hall–Kier alpha value is -13.9. The molecule has 0 spiro atoms. The van der Waals surface area contributed by atoms with Crippen LogP contribution >= 0.6 is 0 Å². The van der Waals surface area contributed by atoms with Crippen molar-refractivity contribution < 1.29 is 13.3 Å². The zero-order valence-electron chi connectivity index (χ0n) is 54.6. The Kier molecular flexibility index (Phi) is 12.0. The first kappa shape index (κ1) is 56.2. The lowest BCUT2D eigenvalue weighted by Gasteiger charge is -2.14. The lowest BCUT2D eigenvalue weighted by molar-refractivity contribution is 0.668. The molecule has 0 radical (unpaired) electrons. The van der Waals surface area contributed by atoms with Gasteiger partial charge in [0.25, 0.3) is 0 Å². The van der Waals surface area contributed by atoms with E-state index >= 15 is 0 Å². The van der Waals surface area contributed by atoms with Crippen molar-refractivity contribution in [3.63, 3.8) is 0 Å². The maximum atomic E-state index is 6.38. The van der Waals surface area contributed by atoms with Gasteiger partial charge in [-0.25, -0.2) is 15.0 Å². The topological polar surface area (TPSA) is 92.9 Å². The van der Waals surface area contributed by atoms with Gasteiger partial charge in [-0.15, -0.1) is 0 Å². The van der Waals surface area contributed by atoms with E-state index in [1.54, 1.807) is 0 Å². The van der Waals surface area contributed by atoms with Crippen LogP contribution in [0.15, 0.2) is 341 Å². The van der Waals surface area contributed by atoms with Gasteiger partial charge in [0, 0.05) is 98.4 Å². The third kappa shape index (κ3) is 8.68. The summed E-state index contributed by atoms with van der Waals surface area (Å²) in [5, 5.41) is 13.6. The van der Waals surface area contributed by atoms with Crippen molar-refractivity contribution in [2.45, 2.75) is 0 Å². The van der Waals surface area contributed by atoms with Gasteiger partial charge in [0.05, 0.1) is 33.1 Å². The number of fused-ring (bicyclic) bond motifs is 18. The number of hydrogen-bond donors (Lipinski definition) is 0. The van der Waals surface area contributed by atoms with Crippen molar-refractivity contribution in [3.05, 3.63) is 328 Å². The quantitative estimate of drug-likeness (QED) is 0.143. The molecule has 102 heavy (non-hydrogen) atoms. The first-order chi connectivity index (χ1) is 50.5. The standard InChI is InChI=1S/C93H54N6O3/c1-7-28-79-67(22-1)76-49-55(58-34-40-73-70-25-4-10-31-85(70)100-88(73)52-58)37-43-82(76)97(79)64-19-13-16-61(46-64)91-94-92(62-17-14-20-65(47-62)98-80-29-8-2-23-68(80)77-50-56(38-44-83(77)98)59-35-41-74-71-26-5-11-32-86(71)101-89(74)53-59)96-93(95-91)63-18-15-21-66(48-63)99-81-30-9-3-24-69(81)78-51-57(39-45-84(78)99)60-36-42-75-72-27-6-12-33-87(72)102-90(75)54-60/h1-54H. The largest absolute Gasteiger partial charge is 0.456 e. The van der Waals surface area contributed by atoms with Crippen molar-refractivity contribution >= 4 is 131 Å². The smallest absolute Gasteiger partial charge is 0.164 e. The molecule has 9 nitrogen and oxygen atoms in total. The number of para-hydroxylation sites is 6. The summed E-state index contributed by atoms with van der Waals surface area (Å²) < 4.78 is 26.2. The van der Waals surface area contributed by atoms with E-state index in [0.717, 1.165) is 198 Å². The normalized spacial score (nSPS) is 12.1. The van der Waals surface area contributed by atoms with E-state index in [4.69, 9.17) is 28.2 Å². The molecule has 474 valence electrons. The van der Waals surface area contributed by atoms with Crippen LogP contribution in [0.1, 0.15) is 0 Å². The van der Waals surface area contributed by atoms with Gasteiger partial charge >= 0.3 is 0 Å². The second-order valence-electron chi connectivity index (χ2n) is 26.6. The highest BCUT2D eigenvalue weighted by Gasteiger charge is 2.22. The van der Waals surface area contributed by atoms with Crippen LogP contribution in [0.2, 0.25) is 0 Å². The van der Waals surface area contributed by atoms with Crippen molar-refractivity contribution in [3.8, 4) is 84.6 Å². The molecule has 0 amide bonds. The van der Waals surface area contributed by atoms with E-state index in [9.17, 15) is 0 Å². The maximum absolute atomic E-state index is 6.38. The molecule has 0 atom stereocenters. The second-order valence-corrected chi connectivity index (χ2v) is 26.6. The molecular formula is C93H54N6O3. The molecule has 0 bridgehead atoms. The van der Waals surface area contributed by atoms with E-state index in [1.165, 1.54) is 0 Å². The Morgan fingerprint density at radius 1 is 0.167 bits per heavy atom. The third-order valence-electron chi connectivity index (χ3n) is 20.9. The molecule has 22 rings (SSSR count). The van der Waals surface area contributed by atoms with Crippen LogP contribution in [0.3, 0.4) is 0 Å². The summed E-state index contributed by atoms with van der Waals surface area (Å²) >= 11 is 0. The predicted molar refractivity (Wildman–Crippen MR) is 417 cm³/mol. The van der Waals surface area contributed by atoms with Gasteiger partial charge in [-0.05, 0) is 179 Å². The van der Waals surface area contributed by atoms with Crippen LogP contribution in [0.4, 0.5) is 0 Å². The number of benzene rings is 15. The number of rotatable bonds is 9. The summed E-state index contributed by atoms with van der Waals surface area (Å²) in [6.45, 7) is 0. The summed E-state index contributed by atoms with van der Waals surface area (Å²) in [4.78, 5) is 16.5. The van der Waals surface area contributed by atoms with E-state index in [2.05, 4.69) is 305 Å². The highest BCUT2D eigenvalue weighted by atomic mass is 16.3. The number of furan rings is 3. The maximum Gasteiger partial charge on any atom is 0.164 e. The highest BCUT2D eigenvalue weighted by molar-refractivity contribution is 6.15. The zero-order valence-corrected chi connectivity index (χ0v) is 54.6. The van der Waals surface area contributed by atoms with Gasteiger partial charge in [0.15, 0.2) is 17.5 Å². The molecule has 7 aromatic heterocycles. The molecule has 0 aliphatic heterocycles. The summed E-state index contributed by atoms with van der Waals surface area (Å²) in [6, 6.07) is 117. The van der Waals surface area contributed by atoms with Crippen LogP contribution in [-0.4, -0.2) is 28.7 Å². The van der Waals surface area contributed by atoms with Gasteiger partial charge in [-0.2, -0.15) is 0 Å². The van der Waals surface area contributed by atoms with Crippen molar-refractivity contribution in [2.24, 2.45) is 0 Å². The fraction of sp³-hybridized carbons (Fsp3) is 0. The Bertz CT molecular complexity index is 6600. The molecule has 7 heterocycles. The van der Waals surface area contributed by atoms with Crippen molar-refractivity contribution in [1.29, 1.82) is 0 Å². The third-order valence-corrected chi connectivity index (χ3v) is 20.9. The van der Waals surface area contributed by atoms with Gasteiger partial charge in [0.2, 0.25) is 0 Å². The number of hydrogen-bond acceptors (Lipinski definition) is 6. The molecule has 0 saturated carbocycles. The summed E-state index contributed by atoms with van der Waals surface area (Å²) in [7, 11) is 0. The fourth-order valence-corrected chi connectivity index (χ4v) is 16.1. The van der Waals surface area contributed by atoms with Crippen LogP contribution in [0, 0.1) is 0 Å². The molecular weight excluding hydrogens is 1250 g/mol. The average molecular weight is 1300 g/mol. The molecule has 0 fully saturated rings. The monoisotopic (exact) mass is 1300 g/mol. The summed E-state index contributed by atoms with van der Waals surface area (Å²) in [6.07, 6.45) is 0. The highest BCUT2D eigenvalue weighted by Crippen LogP contribution is 2.43. The van der Waals surface area contributed by atoms with E-state index in [0.29, 0.717) is 17.5 Å². The SMILES string of the molecule is c1cc(-c2nc(-c3cccc(-n4c5ccccc5c5cc(-c6ccc7c(c6)oc6ccccc67)ccc54)c3)nc(-c3cccc(-n4c5ccccc5c5cc(-c6ccc7c(c6)oc6ccccc67)ccc54)c3)n2)cc(-n2c3ccccc3c3cc(-c4ccc5c(c4)oc4ccccc45)ccc32)c1. The summed E-state index contributed by atoms with van der Waals surface area (Å²) in [5.41, 5.74) is 23.9. The summed E-state index contributed by atoms with van der Waals surface area (Å²) in [5.74, 6) is 1.64. The minimum atomic E-state index is 0.548. The number of aromatic nitrogens is 6. The first-order valence-electron chi connectivity index (χ1n) is 34.4. The number of nitrogens with zero attached hydrogens (tertiary/aromatic N) is 6. The molecule has 9 heteroatoms. The zero-order chi connectivity index (χ0) is 66.7. The fourth-order valence-electron chi connectivity index (χ4n) is 16.1. The molecule has 0 saturated heterocycles. The van der Waals surface area contributed by atoms with Crippen LogP contribution in [-0.2, 0) is 0 Å². The Morgan fingerprint density at radius 2 is 0.422 bits per heavy atom. The van der Waals surface area contributed by atoms with Crippen molar-refractivity contribution in [2.75, 3.05) is 0 Å². The molecule has 0 unspecified atom stereocenters. The molecule has 15 aromatic carbocycles. The van der Waals surface area contributed by atoms with Gasteiger partial charge in [0.1, 0.15) is 33.5 Å². The predicted octanol–water partition coefficient (Wildman–Crippen LogP) is 24.9. The molecule has 0 aliphatic carbocycles. The van der Waals surface area contributed by atoms with Crippen LogP contribution < -0.4 is 0 Å². The van der Waals surface area contributed by atoms with Gasteiger partial charge < -0.3 is 27.0 Å². The van der Waals surface area contributed by atoms with Crippen LogP contribution in [0.5, 0.6) is 0 Å². The van der Waals surface area contributed by atoms with E-state index < -0.39 is 0 Å². The van der Waals surface area contributed by atoms with E-state index in [-0.39, 0.29) is 0 Å². The lowest BCUT2D eigenvalue weighted by atomic mass is 10.0. The van der Waals surface area contributed by atoms with Gasteiger partial charge in [-0.1, -0.05) is 182 Å². The first-order valence-corrected chi connectivity index (χ1v) is 34.4. The minimum absolute atomic E-state index is 0.548. The van der Waals surface area contributed by atoms with Crippen molar-refractivity contribution in [1.82, 2.24) is 28.7 Å². The second kappa shape index (κ2) is 21.8. The Labute approximate surface area is 581 Å². The minimum Gasteiger partial charge on any atom is -0.456 e. The van der Waals surface area contributed by atoms with E-state index in [1.807, 2.05) is 36.4 Å². The Balaban J connectivity index is 0.684. The molecule has 22 aromatic rings. The lowest BCUT2D eigenvalue weighted by Crippen LogP contribution is -2.02. The average Bonchev–Trinajstić information content (AvgIpc) is 1.65. The van der Waals surface area contributed by atoms with Crippen LogP contribution in [0.25, 0.3) is 216 Å². The Morgan fingerprint density at radius 3 is 0.745 bits per heavy atom.